The molecule has 1 heterocycles. The first-order chi connectivity index (χ1) is 16.1. The molecule has 6 nitrogen and oxygen atoms in total. The van der Waals surface area contributed by atoms with E-state index in [0.717, 1.165) is 18.5 Å². The zero-order valence-electron chi connectivity index (χ0n) is 18.4. The summed E-state index contributed by atoms with van der Waals surface area (Å²) in [5, 5.41) is 22.6. The monoisotopic (exact) mass is 458 g/mol. The largest absolute Gasteiger partial charge is 0.507 e. The fourth-order valence-corrected chi connectivity index (χ4v) is 4.26. The van der Waals surface area contributed by atoms with Crippen LogP contribution in [0, 0.1) is 0 Å². The number of aromatic hydroxyl groups is 1. The summed E-state index contributed by atoms with van der Waals surface area (Å²) in [5.74, 6) is 0.837. The third kappa shape index (κ3) is 5.81. The Balaban J connectivity index is 1.50. The van der Waals surface area contributed by atoms with Gasteiger partial charge in [-0.15, -0.1) is 10.2 Å². The van der Waals surface area contributed by atoms with Gasteiger partial charge in [-0.05, 0) is 48.2 Å². The molecule has 0 aliphatic carbocycles. The summed E-state index contributed by atoms with van der Waals surface area (Å²) < 4.78 is 1.97. The number of anilines is 1. The van der Waals surface area contributed by atoms with Crippen LogP contribution in [0.2, 0.25) is 0 Å². The summed E-state index contributed by atoms with van der Waals surface area (Å²) in [4.78, 5) is 12.5. The molecule has 7 heteroatoms. The van der Waals surface area contributed by atoms with Crippen LogP contribution < -0.4 is 5.32 Å². The topological polar surface area (TPSA) is 80.0 Å². The average Bonchev–Trinajstić information content (AvgIpc) is 3.25. The number of phenolic OH excluding ortho intramolecular Hbond substituents is 1. The van der Waals surface area contributed by atoms with Crippen molar-refractivity contribution in [2.75, 3.05) is 11.1 Å². The number of carbonyl (C=O) groups is 1. The molecule has 1 amide bonds. The Bertz CT molecular complexity index is 1210. The number of nitrogens with one attached hydrogen (secondary N) is 1. The standard InChI is InChI=1S/C26H26N4O2S/c1-2-19-12-14-21(15-13-19)27-24(32)18-33-26-29-28-25(22-10-6-7-11-23(22)31)30(26)17-16-20-8-4-3-5-9-20/h3-15,31H,2,16-18H2,1H3,(H,27,32). The van der Waals surface area contributed by atoms with Crippen molar-refractivity contribution in [2.24, 2.45) is 0 Å². The van der Waals surface area contributed by atoms with Crippen molar-refractivity contribution >= 4 is 23.4 Å². The molecule has 4 rings (SSSR count). The van der Waals surface area contributed by atoms with Crippen molar-refractivity contribution in [2.45, 2.75) is 31.5 Å². The predicted molar refractivity (Wildman–Crippen MR) is 132 cm³/mol. The van der Waals surface area contributed by atoms with E-state index in [1.807, 2.05) is 59.2 Å². The Morgan fingerprint density at radius 2 is 1.67 bits per heavy atom. The minimum absolute atomic E-state index is 0.106. The predicted octanol–water partition coefficient (Wildman–Crippen LogP) is 5.19. The van der Waals surface area contributed by atoms with E-state index in [2.05, 4.69) is 34.6 Å². The molecule has 2 N–H and O–H groups in total. The fraction of sp³-hybridized carbons (Fsp3) is 0.192. The van der Waals surface area contributed by atoms with Gasteiger partial charge in [-0.25, -0.2) is 0 Å². The average molecular weight is 459 g/mol. The van der Waals surface area contributed by atoms with E-state index in [-0.39, 0.29) is 17.4 Å². The molecule has 1 aromatic heterocycles. The number of para-hydroxylation sites is 1. The number of amides is 1. The number of carbonyl (C=O) groups excluding carboxylic acids is 1. The van der Waals surface area contributed by atoms with Gasteiger partial charge in [0, 0.05) is 12.2 Å². The molecule has 3 aromatic carbocycles. The van der Waals surface area contributed by atoms with Gasteiger partial charge < -0.3 is 15.0 Å². The Morgan fingerprint density at radius 3 is 2.39 bits per heavy atom. The molecule has 0 saturated heterocycles. The van der Waals surface area contributed by atoms with Crippen LogP contribution >= 0.6 is 11.8 Å². The highest BCUT2D eigenvalue weighted by Gasteiger charge is 2.18. The van der Waals surface area contributed by atoms with E-state index < -0.39 is 0 Å². The van der Waals surface area contributed by atoms with Gasteiger partial charge in [-0.3, -0.25) is 4.79 Å². The van der Waals surface area contributed by atoms with Crippen LogP contribution in [-0.4, -0.2) is 31.5 Å². The zero-order chi connectivity index (χ0) is 23.0. The first-order valence-corrected chi connectivity index (χ1v) is 11.9. The molecule has 0 fully saturated rings. The second kappa shape index (κ2) is 10.8. The fourth-order valence-electron chi connectivity index (χ4n) is 3.50. The van der Waals surface area contributed by atoms with Crippen LogP contribution in [0.15, 0.2) is 84.0 Å². The molecule has 0 radical (unpaired) electrons. The minimum Gasteiger partial charge on any atom is -0.507 e. The highest BCUT2D eigenvalue weighted by atomic mass is 32.2. The van der Waals surface area contributed by atoms with E-state index >= 15 is 0 Å². The molecule has 0 bridgehead atoms. The number of phenols is 1. The van der Waals surface area contributed by atoms with Crippen molar-refractivity contribution in [1.82, 2.24) is 14.8 Å². The molecule has 0 spiro atoms. The van der Waals surface area contributed by atoms with E-state index in [1.165, 1.54) is 22.9 Å². The van der Waals surface area contributed by atoms with Gasteiger partial charge in [0.25, 0.3) is 0 Å². The Labute approximate surface area is 197 Å². The van der Waals surface area contributed by atoms with Crippen LogP contribution in [0.1, 0.15) is 18.1 Å². The van der Waals surface area contributed by atoms with Crippen LogP contribution in [0.25, 0.3) is 11.4 Å². The Kier molecular flexibility index (Phi) is 7.42. The van der Waals surface area contributed by atoms with E-state index in [0.29, 0.717) is 23.1 Å². The van der Waals surface area contributed by atoms with Crippen molar-refractivity contribution in [1.29, 1.82) is 0 Å². The Morgan fingerprint density at radius 1 is 0.939 bits per heavy atom. The Hall–Kier alpha value is -3.58. The number of benzene rings is 3. The summed E-state index contributed by atoms with van der Waals surface area (Å²) in [6.07, 6.45) is 1.74. The maximum Gasteiger partial charge on any atom is 0.234 e. The molecular weight excluding hydrogens is 432 g/mol. The third-order valence-corrected chi connectivity index (χ3v) is 6.27. The summed E-state index contributed by atoms with van der Waals surface area (Å²) in [6, 6.07) is 25.1. The highest BCUT2D eigenvalue weighted by molar-refractivity contribution is 7.99. The number of aryl methyl sites for hydroxylation is 2. The van der Waals surface area contributed by atoms with Gasteiger partial charge in [-0.1, -0.05) is 73.3 Å². The van der Waals surface area contributed by atoms with E-state index in [4.69, 9.17) is 0 Å². The second-order valence-electron chi connectivity index (χ2n) is 7.60. The van der Waals surface area contributed by atoms with Gasteiger partial charge in [0.15, 0.2) is 11.0 Å². The van der Waals surface area contributed by atoms with Gasteiger partial charge in [0.05, 0.1) is 11.3 Å². The molecule has 33 heavy (non-hydrogen) atoms. The first kappa shape index (κ1) is 22.6. The lowest BCUT2D eigenvalue weighted by Crippen LogP contribution is -2.15. The number of aromatic nitrogens is 3. The number of rotatable bonds is 9. The normalized spacial score (nSPS) is 10.8. The van der Waals surface area contributed by atoms with Crippen LogP contribution in [0.5, 0.6) is 5.75 Å². The van der Waals surface area contributed by atoms with Crippen LogP contribution in [0.3, 0.4) is 0 Å². The highest BCUT2D eigenvalue weighted by Crippen LogP contribution is 2.30. The first-order valence-electron chi connectivity index (χ1n) is 10.9. The van der Waals surface area contributed by atoms with Gasteiger partial charge >= 0.3 is 0 Å². The van der Waals surface area contributed by atoms with Crippen molar-refractivity contribution in [3.8, 4) is 17.1 Å². The van der Waals surface area contributed by atoms with Gasteiger partial charge in [0.2, 0.25) is 5.91 Å². The molecular formula is C26H26N4O2S. The van der Waals surface area contributed by atoms with Crippen molar-refractivity contribution in [3.05, 3.63) is 90.0 Å². The molecule has 0 unspecified atom stereocenters. The molecule has 168 valence electrons. The van der Waals surface area contributed by atoms with Crippen molar-refractivity contribution < 1.29 is 9.90 Å². The third-order valence-electron chi connectivity index (χ3n) is 5.31. The maximum atomic E-state index is 12.5. The molecule has 0 aliphatic rings. The molecule has 4 aromatic rings. The van der Waals surface area contributed by atoms with Crippen LogP contribution in [0.4, 0.5) is 5.69 Å². The number of nitrogens with zero attached hydrogens (tertiary/aromatic N) is 3. The van der Waals surface area contributed by atoms with Crippen molar-refractivity contribution in [3.63, 3.8) is 0 Å². The summed E-state index contributed by atoms with van der Waals surface area (Å²) in [6.45, 7) is 2.73. The van der Waals surface area contributed by atoms with Crippen LogP contribution in [-0.2, 0) is 24.2 Å². The number of hydrogen-bond donors (Lipinski definition) is 2. The number of thioether (sulfide) groups is 1. The molecule has 0 saturated carbocycles. The molecule has 0 atom stereocenters. The maximum absolute atomic E-state index is 12.5. The second-order valence-corrected chi connectivity index (χ2v) is 8.54. The lowest BCUT2D eigenvalue weighted by molar-refractivity contribution is -0.113. The van der Waals surface area contributed by atoms with Gasteiger partial charge in [0.1, 0.15) is 5.75 Å². The quantitative estimate of drug-likeness (QED) is 0.338. The molecule has 0 aliphatic heterocycles. The zero-order valence-corrected chi connectivity index (χ0v) is 19.3. The number of hydrogen-bond acceptors (Lipinski definition) is 5. The summed E-state index contributed by atoms with van der Waals surface area (Å²) in [5.41, 5.74) is 3.81. The smallest absolute Gasteiger partial charge is 0.234 e. The van der Waals surface area contributed by atoms with E-state index in [9.17, 15) is 9.90 Å². The summed E-state index contributed by atoms with van der Waals surface area (Å²) in [7, 11) is 0. The minimum atomic E-state index is -0.106. The van der Waals surface area contributed by atoms with E-state index in [1.54, 1.807) is 12.1 Å². The lowest BCUT2D eigenvalue weighted by Gasteiger charge is -2.11. The SMILES string of the molecule is CCc1ccc(NC(=O)CSc2nnc(-c3ccccc3O)n2CCc2ccccc2)cc1. The summed E-state index contributed by atoms with van der Waals surface area (Å²) >= 11 is 1.33. The van der Waals surface area contributed by atoms with Gasteiger partial charge in [-0.2, -0.15) is 0 Å². The lowest BCUT2D eigenvalue weighted by atomic mass is 10.1.